The molecule has 3 nitrogen and oxygen atoms in total. The van der Waals surface area contributed by atoms with Gasteiger partial charge in [0.2, 0.25) is 5.91 Å². The van der Waals surface area contributed by atoms with Crippen LogP contribution in [0.3, 0.4) is 0 Å². The largest absolute Gasteiger partial charge is 0.398 e. The number of nitrogens with two attached hydrogens (primary N) is 1. The van der Waals surface area contributed by atoms with Crippen LogP contribution in [0.15, 0.2) is 45.8 Å². The summed E-state index contributed by atoms with van der Waals surface area (Å²) in [4.78, 5) is 12.5. The first-order valence-electron chi connectivity index (χ1n) is 6.19. The fourth-order valence-electron chi connectivity index (χ4n) is 1.70. The molecule has 110 valence electrons. The van der Waals surface area contributed by atoms with Crippen LogP contribution < -0.4 is 11.1 Å². The van der Waals surface area contributed by atoms with Crippen LogP contribution in [0.5, 0.6) is 0 Å². The molecule has 2 aromatic rings. The van der Waals surface area contributed by atoms with Gasteiger partial charge in [0.1, 0.15) is 5.82 Å². The predicted molar refractivity (Wildman–Crippen MR) is 89.0 cm³/mol. The van der Waals surface area contributed by atoms with Crippen molar-refractivity contribution >= 4 is 45.0 Å². The van der Waals surface area contributed by atoms with E-state index in [9.17, 15) is 9.18 Å². The molecule has 6 heteroatoms. The van der Waals surface area contributed by atoms with E-state index in [0.29, 0.717) is 10.6 Å². The first-order chi connectivity index (χ1) is 9.95. The Morgan fingerprint density at radius 1 is 1.33 bits per heavy atom. The molecule has 0 saturated carbocycles. The average Bonchev–Trinajstić information content (AvgIpc) is 2.44. The van der Waals surface area contributed by atoms with Gasteiger partial charge in [0.05, 0.1) is 5.75 Å². The molecule has 1 amide bonds. The van der Waals surface area contributed by atoms with E-state index in [2.05, 4.69) is 21.2 Å². The molecule has 0 aliphatic heterocycles. The van der Waals surface area contributed by atoms with Gasteiger partial charge in [-0.1, -0.05) is 15.9 Å². The topological polar surface area (TPSA) is 55.1 Å². The molecular weight excluding hydrogens is 355 g/mol. The maximum absolute atomic E-state index is 13.1. The summed E-state index contributed by atoms with van der Waals surface area (Å²) >= 11 is 4.62. The van der Waals surface area contributed by atoms with Crippen LogP contribution in [-0.4, -0.2) is 11.7 Å². The summed E-state index contributed by atoms with van der Waals surface area (Å²) in [6, 6.07) is 9.69. The van der Waals surface area contributed by atoms with Gasteiger partial charge in [0.15, 0.2) is 0 Å². The van der Waals surface area contributed by atoms with E-state index >= 15 is 0 Å². The van der Waals surface area contributed by atoms with Gasteiger partial charge in [-0.15, -0.1) is 11.8 Å². The molecule has 3 N–H and O–H groups in total. The summed E-state index contributed by atoms with van der Waals surface area (Å²) in [6.07, 6.45) is 0. The fourth-order valence-corrected chi connectivity index (χ4v) is 2.73. The van der Waals surface area contributed by atoms with Gasteiger partial charge in [0, 0.05) is 20.7 Å². The van der Waals surface area contributed by atoms with Gasteiger partial charge in [0.25, 0.3) is 0 Å². The maximum Gasteiger partial charge on any atom is 0.234 e. The van der Waals surface area contributed by atoms with Crippen LogP contribution >= 0.6 is 27.7 Å². The van der Waals surface area contributed by atoms with E-state index in [4.69, 9.17) is 5.73 Å². The third-order valence-corrected chi connectivity index (χ3v) is 4.74. The summed E-state index contributed by atoms with van der Waals surface area (Å²) in [5.74, 6) is -0.357. The summed E-state index contributed by atoms with van der Waals surface area (Å²) < 4.78 is 14.1. The number of amides is 1. The molecule has 0 aliphatic carbocycles. The van der Waals surface area contributed by atoms with Crippen molar-refractivity contribution in [3.05, 3.63) is 52.3 Å². The van der Waals surface area contributed by atoms with Crippen LogP contribution in [0.4, 0.5) is 15.8 Å². The lowest BCUT2D eigenvalue weighted by Gasteiger charge is -2.08. The first kappa shape index (κ1) is 15.9. The number of halogens is 2. The quantitative estimate of drug-likeness (QED) is 0.627. The van der Waals surface area contributed by atoms with Crippen LogP contribution in [-0.2, 0) is 4.79 Å². The highest BCUT2D eigenvalue weighted by Crippen LogP contribution is 2.26. The lowest BCUT2D eigenvalue weighted by atomic mass is 10.2. The van der Waals surface area contributed by atoms with Crippen molar-refractivity contribution in [2.45, 2.75) is 11.8 Å². The van der Waals surface area contributed by atoms with Crippen molar-refractivity contribution in [2.24, 2.45) is 0 Å². The van der Waals surface area contributed by atoms with E-state index in [0.717, 1.165) is 15.7 Å². The number of thioether (sulfide) groups is 1. The van der Waals surface area contributed by atoms with Gasteiger partial charge in [-0.3, -0.25) is 4.79 Å². The minimum atomic E-state index is -0.365. The number of rotatable bonds is 4. The lowest BCUT2D eigenvalue weighted by molar-refractivity contribution is -0.113. The molecule has 0 fully saturated rings. The standard InChI is InChI=1S/C15H14BrFN2OS/c1-9-6-11(3-4-12(9)16)19-15(20)8-21-14-7-10(17)2-5-13(14)18/h2-7H,8,18H2,1H3,(H,19,20). The number of carbonyl (C=O) groups is 1. The van der Waals surface area contributed by atoms with Crippen molar-refractivity contribution in [3.63, 3.8) is 0 Å². The molecule has 0 aliphatic rings. The number of aryl methyl sites for hydroxylation is 1. The average molecular weight is 369 g/mol. The van der Waals surface area contributed by atoms with Crippen LogP contribution in [0, 0.1) is 12.7 Å². The number of hydrogen-bond acceptors (Lipinski definition) is 3. The van der Waals surface area contributed by atoms with E-state index in [-0.39, 0.29) is 17.5 Å². The van der Waals surface area contributed by atoms with Crippen molar-refractivity contribution in [1.29, 1.82) is 0 Å². The number of anilines is 2. The molecule has 0 unspecified atom stereocenters. The van der Waals surface area contributed by atoms with Gasteiger partial charge in [-0.25, -0.2) is 4.39 Å². The Morgan fingerprint density at radius 2 is 2.10 bits per heavy atom. The van der Waals surface area contributed by atoms with Crippen LogP contribution in [0.1, 0.15) is 5.56 Å². The number of hydrogen-bond donors (Lipinski definition) is 2. The Labute approximate surface area is 135 Å². The highest BCUT2D eigenvalue weighted by atomic mass is 79.9. The lowest BCUT2D eigenvalue weighted by Crippen LogP contribution is -2.14. The zero-order valence-electron chi connectivity index (χ0n) is 11.3. The molecule has 0 saturated heterocycles. The highest BCUT2D eigenvalue weighted by molar-refractivity contribution is 9.10. The second-order valence-electron chi connectivity index (χ2n) is 4.48. The summed E-state index contributed by atoms with van der Waals surface area (Å²) in [7, 11) is 0. The Kier molecular flexibility index (Phi) is 5.25. The van der Waals surface area contributed by atoms with E-state index in [1.54, 1.807) is 0 Å². The molecule has 0 radical (unpaired) electrons. The van der Waals surface area contributed by atoms with E-state index in [1.807, 2.05) is 25.1 Å². The molecule has 0 aromatic heterocycles. The Hall–Kier alpha value is -1.53. The molecule has 2 aromatic carbocycles. The molecule has 0 atom stereocenters. The van der Waals surface area contributed by atoms with Gasteiger partial charge >= 0.3 is 0 Å². The second kappa shape index (κ2) is 6.95. The first-order valence-corrected chi connectivity index (χ1v) is 7.97. The van der Waals surface area contributed by atoms with Gasteiger partial charge in [-0.05, 0) is 48.9 Å². The number of carbonyl (C=O) groups excluding carboxylic acids is 1. The van der Waals surface area contributed by atoms with Gasteiger partial charge in [-0.2, -0.15) is 0 Å². The maximum atomic E-state index is 13.1. The van der Waals surface area contributed by atoms with Crippen LogP contribution in [0.2, 0.25) is 0 Å². The second-order valence-corrected chi connectivity index (χ2v) is 6.35. The predicted octanol–water partition coefficient (Wildman–Crippen LogP) is 4.21. The summed E-state index contributed by atoms with van der Waals surface area (Å²) in [5.41, 5.74) is 7.97. The normalized spacial score (nSPS) is 10.4. The third-order valence-electron chi connectivity index (χ3n) is 2.78. The van der Waals surface area contributed by atoms with E-state index < -0.39 is 0 Å². The number of benzene rings is 2. The van der Waals surface area contributed by atoms with Crippen LogP contribution in [0.25, 0.3) is 0 Å². The van der Waals surface area contributed by atoms with Crippen molar-refractivity contribution < 1.29 is 9.18 Å². The molecule has 0 heterocycles. The SMILES string of the molecule is Cc1cc(NC(=O)CSc2cc(F)ccc2N)ccc1Br. The summed E-state index contributed by atoms with van der Waals surface area (Å²) in [6.45, 7) is 1.95. The Bertz CT molecular complexity index is 679. The molecule has 21 heavy (non-hydrogen) atoms. The Morgan fingerprint density at radius 3 is 2.81 bits per heavy atom. The van der Waals surface area contributed by atoms with Crippen molar-refractivity contribution in [1.82, 2.24) is 0 Å². The highest BCUT2D eigenvalue weighted by Gasteiger charge is 2.07. The molecule has 2 rings (SSSR count). The molecular formula is C15H14BrFN2OS. The third kappa shape index (κ3) is 4.47. The van der Waals surface area contributed by atoms with Crippen molar-refractivity contribution in [2.75, 3.05) is 16.8 Å². The smallest absolute Gasteiger partial charge is 0.234 e. The number of nitrogens with one attached hydrogen (secondary N) is 1. The zero-order chi connectivity index (χ0) is 15.4. The molecule has 0 bridgehead atoms. The van der Waals surface area contributed by atoms with Gasteiger partial charge < -0.3 is 11.1 Å². The molecule has 0 spiro atoms. The van der Waals surface area contributed by atoms with Crippen molar-refractivity contribution in [3.8, 4) is 0 Å². The minimum Gasteiger partial charge on any atom is -0.398 e. The van der Waals surface area contributed by atoms with E-state index in [1.165, 1.54) is 30.0 Å². The summed E-state index contributed by atoms with van der Waals surface area (Å²) in [5, 5.41) is 2.80. The minimum absolute atomic E-state index is 0.162. The number of nitrogen functional groups attached to an aromatic ring is 1. The zero-order valence-corrected chi connectivity index (χ0v) is 13.7. The fraction of sp³-hybridized carbons (Fsp3) is 0.133. The monoisotopic (exact) mass is 368 g/mol. The Balaban J connectivity index is 1.95.